The largest absolute Gasteiger partial charge is 0.384 e. The fourth-order valence-corrected chi connectivity index (χ4v) is 1.60. The third kappa shape index (κ3) is 3.21. The lowest BCUT2D eigenvalue weighted by atomic mass is 10.4. The standard InChI is InChI=1S/C10H7ClFN3OS/c11-6-1-3-7(4-2-6)17-16-10-14-5-8(12)9(13)15-10/h1-5H,(H2,13,14,15). The number of rotatable bonds is 3. The minimum absolute atomic E-state index is 0.00356. The first kappa shape index (κ1) is 11.9. The van der Waals surface area contributed by atoms with Crippen LogP contribution in [0, 0.1) is 5.82 Å². The topological polar surface area (TPSA) is 61.0 Å². The van der Waals surface area contributed by atoms with Gasteiger partial charge in [-0.05, 0) is 24.3 Å². The summed E-state index contributed by atoms with van der Waals surface area (Å²) in [5.74, 6) is -0.916. The van der Waals surface area contributed by atoms with E-state index in [-0.39, 0.29) is 11.8 Å². The van der Waals surface area contributed by atoms with Crippen molar-refractivity contribution in [2.45, 2.75) is 4.90 Å². The molecule has 1 heterocycles. The van der Waals surface area contributed by atoms with E-state index in [1.807, 2.05) is 0 Å². The maximum atomic E-state index is 12.8. The number of hydrogen-bond donors (Lipinski definition) is 1. The third-order valence-electron chi connectivity index (χ3n) is 1.78. The third-order valence-corrected chi connectivity index (χ3v) is 2.72. The van der Waals surface area contributed by atoms with Crippen molar-refractivity contribution in [2.24, 2.45) is 0 Å². The molecule has 0 unspecified atom stereocenters. The summed E-state index contributed by atoms with van der Waals surface area (Å²) in [6.07, 6.45) is 0.958. The van der Waals surface area contributed by atoms with Crippen LogP contribution in [0.3, 0.4) is 0 Å². The molecule has 0 radical (unpaired) electrons. The Hall–Kier alpha value is -1.53. The van der Waals surface area contributed by atoms with Crippen LogP contribution in [0.5, 0.6) is 6.01 Å². The van der Waals surface area contributed by atoms with Crippen LogP contribution in [0.15, 0.2) is 35.4 Å². The van der Waals surface area contributed by atoms with Gasteiger partial charge in [0.25, 0.3) is 0 Å². The first-order chi connectivity index (χ1) is 8.15. The van der Waals surface area contributed by atoms with Crippen LogP contribution >= 0.6 is 23.6 Å². The van der Waals surface area contributed by atoms with Crippen LogP contribution in [-0.4, -0.2) is 9.97 Å². The van der Waals surface area contributed by atoms with Gasteiger partial charge in [0.05, 0.1) is 18.2 Å². The van der Waals surface area contributed by atoms with E-state index in [0.29, 0.717) is 5.02 Å². The van der Waals surface area contributed by atoms with Crippen molar-refractivity contribution in [3.63, 3.8) is 0 Å². The minimum Gasteiger partial charge on any atom is -0.384 e. The Morgan fingerprint density at radius 2 is 2.00 bits per heavy atom. The lowest BCUT2D eigenvalue weighted by Crippen LogP contribution is -1.98. The van der Waals surface area contributed by atoms with Gasteiger partial charge in [-0.1, -0.05) is 11.6 Å². The van der Waals surface area contributed by atoms with Gasteiger partial charge in [-0.25, -0.2) is 4.39 Å². The molecule has 88 valence electrons. The van der Waals surface area contributed by atoms with Gasteiger partial charge in [0.1, 0.15) is 0 Å². The van der Waals surface area contributed by atoms with Crippen LogP contribution < -0.4 is 9.92 Å². The molecule has 1 aromatic heterocycles. The summed E-state index contributed by atoms with van der Waals surface area (Å²) in [7, 11) is 0. The number of hydrogen-bond acceptors (Lipinski definition) is 5. The molecular weight excluding hydrogens is 265 g/mol. The van der Waals surface area contributed by atoms with Crippen molar-refractivity contribution >= 4 is 29.5 Å². The van der Waals surface area contributed by atoms with Crippen LogP contribution in [0.4, 0.5) is 10.2 Å². The molecule has 17 heavy (non-hydrogen) atoms. The van der Waals surface area contributed by atoms with Gasteiger partial charge in [-0.3, -0.25) is 0 Å². The summed E-state index contributed by atoms with van der Waals surface area (Å²) < 4.78 is 18.0. The molecular formula is C10H7ClFN3OS. The Morgan fingerprint density at radius 3 is 2.65 bits per heavy atom. The summed E-state index contributed by atoms with van der Waals surface area (Å²) >= 11 is 6.77. The van der Waals surface area contributed by atoms with E-state index in [2.05, 4.69) is 9.97 Å². The molecule has 0 aliphatic rings. The molecule has 1 aromatic carbocycles. The Kier molecular flexibility index (Phi) is 3.65. The molecule has 0 fully saturated rings. The Balaban J connectivity index is 2.02. The van der Waals surface area contributed by atoms with Gasteiger partial charge in [-0.15, -0.1) is 0 Å². The van der Waals surface area contributed by atoms with Crippen LogP contribution in [0.1, 0.15) is 0 Å². The second-order valence-electron chi connectivity index (χ2n) is 3.01. The van der Waals surface area contributed by atoms with Crippen molar-refractivity contribution in [3.8, 4) is 6.01 Å². The van der Waals surface area contributed by atoms with Crippen LogP contribution in [-0.2, 0) is 0 Å². The zero-order valence-corrected chi connectivity index (χ0v) is 10.0. The Morgan fingerprint density at radius 1 is 1.29 bits per heavy atom. The zero-order chi connectivity index (χ0) is 12.3. The van der Waals surface area contributed by atoms with Gasteiger partial charge >= 0.3 is 6.01 Å². The number of nitrogens with zero attached hydrogens (tertiary/aromatic N) is 2. The number of benzene rings is 1. The number of halogens is 2. The Labute approximate surface area is 106 Å². The normalized spacial score (nSPS) is 10.2. The van der Waals surface area contributed by atoms with Gasteiger partial charge in [0, 0.05) is 9.92 Å². The highest BCUT2D eigenvalue weighted by Gasteiger charge is 2.05. The van der Waals surface area contributed by atoms with Gasteiger partial charge in [-0.2, -0.15) is 9.97 Å². The highest BCUT2D eigenvalue weighted by molar-refractivity contribution is 7.95. The van der Waals surface area contributed by atoms with E-state index in [0.717, 1.165) is 23.1 Å². The second kappa shape index (κ2) is 5.20. The average Bonchev–Trinajstić information content (AvgIpc) is 2.33. The number of anilines is 1. The van der Waals surface area contributed by atoms with Crippen molar-refractivity contribution in [3.05, 3.63) is 41.3 Å². The molecule has 2 aromatic rings. The molecule has 2 N–H and O–H groups in total. The quantitative estimate of drug-likeness (QED) is 0.870. The Bertz CT molecular complexity index is 523. The molecule has 0 aliphatic heterocycles. The lowest BCUT2D eigenvalue weighted by molar-refractivity contribution is 0.560. The van der Waals surface area contributed by atoms with Crippen molar-refractivity contribution in [1.82, 2.24) is 9.97 Å². The zero-order valence-electron chi connectivity index (χ0n) is 8.43. The van der Waals surface area contributed by atoms with Crippen molar-refractivity contribution in [2.75, 3.05) is 5.73 Å². The van der Waals surface area contributed by atoms with Crippen molar-refractivity contribution in [1.29, 1.82) is 0 Å². The van der Waals surface area contributed by atoms with E-state index in [1.54, 1.807) is 24.3 Å². The lowest BCUT2D eigenvalue weighted by Gasteiger charge is -2.02. The van der Waals surface area contributed by atoms with E-state index in [1.165, 1.54) is 0 Å². The highest BCUT2D eigenvalue weighted by Crippen LogP contribution is 2.23. The molecule has 0 bridgehead atoms. The van der Waals surface area contributed by atoms with Crippen LogP contribution in [0.25, 0.3) is 0 Å². The molecule has 0 aliphatic carbocycles. The summed E-state index contributed by atoms with van der Waals surface area (Å²) in [4.78, 5) is 8.08. The fraction of sp³-hybridized carbons (Fsp3) is 0. The first-order valence-corrected chi connectivity index (χ1v) is 5.65. The molecule has 2 rings (SSSR count). The summed E-state index contributed by atoms with van der Waals surface area (Å²) in [5, 5.41) is 0.636. The molecule has 0 spiro atoms. The molecule has 0 saturated heterocycles. The van der Waals surface area contributed by atoms with Gasteiger partial charge in [0.2, 0.25) is 0 Å². The minimum atomic E-state index is -0.672. The first-order valence-electron chi connectivity index (χ1n) is 4.53. The van der Waals surface area contributed by atoms with Gasteiger partial charge < -0.3 is 9.92 Å². The maximum Gasteiger partial charge on any atom is 0.331 e. The van der Waals surface area contributed by atoms with E-state index >= 15 is 0 Å². The number of nitrogens with two attached hydrogens (primary N) is 1. The molecule has 0 atom stereocenters. The highest BCUT2D eigenvalue weighted by atomic mass is 35.5. The van der Waals surface area contributed by atoms with E-state index < -0.39 is 5.82 Å². The van der Waals surface area contributed by atoms with Crippen LogP contribution in [0.2, 0.25) is 5.02 Å². The van der Waals surface area contributed by atoms with E-state index in [9.17, 15) is 4.39 Å². The summed E-state index contributed by atoms with van der Waals surface area (Å²) in [5.41, 5.74) is 5.28. The maximum absolute atomic E-state index is 12.8. The van der Waals surface area contributed by atoms with Gasteiger partial charge in [0.15, 0.2) is 11.6 Å². The second-order valence-corrected chi connectivity index (χ2v) is 4.25. The summed E-state index contributed by atoms with van der Waals surface area (Å²) in [6.45, 7) is 0. The monoisotopic (exact) mass is 271 g/mol. The molecule has 7 heteroatoms. The smallest absolute Gasteiger partial charge is 0.331 e. The number of nitrogen functional groups attached to an aromatic ring is 1. The predicted molar refractivity (Wildman–Crippen MR) is 64.3 cm³/mol. The number of aromatic nitrogens is 2. The molecule has 0 saturated carbocycles. The summed E-state index contributed by atoms with van der Waals surface area (Å²) in [6, 6.07) is 7.02. The van der Waals surface area contributed by atoms with Crippen molar-refractivity contribution < 1.29 is 8.57 Å². The average molecular weight is 272 g/mol. The molecule has 4 nitrogen and oxygen atoms in total. The SMILES string of the molecule is Nc1nc(OSc2ccc(Cl)cc2)ncc1F. The molecule has 0 amide bonds. The fourth-order valence-electron chi connectivity index (χ4n) is 0.979. The van der Waals surface area contributed by atoms with E-state index in [4.69, 9.17) is 21.5 Å². The predicted octanol–water partition coefficient (Wildman–Crippen LogP) is 2.94.